The van der Waals surface area contributed by atoms with E-state index >= 15 is 0 Å². The molecule has 40 heavy (non-hydrogen) atoms. The molecule has 1 N–H and O–H groups in total. The van der Waals surface area contributed by atoms with Crippen LogP contribution in [-0.2, 0) is 25.3 Å². The van der Waals surface area contributed by atoms with Crippen LogP contribution < -0.4 is 5.32 Å². The number of rotatable bonds is 6. The number of pyridine rings is 1. The first kappa shape index (κ1) is 27.2. The van der Waals surface area contributed by atoms with Crippen molar-refractivity contribution >= 4 is 16.6 Å². The summed E-state index contributed by atoms with van der Waals surface area (Å²) in [7, 11) is 0. The maximum atomic E-state index is 13.8. The number of nitrogens with one attached hydrogen (secondary N) is 1. The Kier molecular flexibility index (Phi) is 7.23. The number of hydrogen-bond donors (Lipinski definition) is 1. The number of aromatic nitrogens is 1. The topological polar surface area (TPSA) is 24.9 Å². The molecule has 0 amide bonds. The first-order valence-corrected chi connectivity index (χ1v) is 12.2. The van der Waals surface area contributed by atoms with Gasteiger partial charge >= 0.3 is 12.4 Å². The van der Waals surface area contributed by atoms with Gasteiger partial charge in [-0.3, -0.25) is 4.98 Å². The van der Waals surface area contributed by atoms with Crippen molar-refractivity contribution in [2.75, 3.05) is 5.32 Å². The molecule has 1 heterocycles. The molecular formula is C31H21F7N2. The maximum absolute atomic E-state index is 13.8. The highest BCUT2D eigenvalue weighted by molar-refractivity contribution is 5.98. The Morgan fingerprint density at radius 3 is 2.12 bits per heavy atom. The van der Waals surface area contributed by atoms with Crippen LogP contribution in [0.1, 0.15) is 27.8 Å². The molecule has 0 atom stereocenters. The molecule has 0 fully saturated rings. The highest BCUT2D eigenvalue weighted by Crippen LogP contribution is 2.40. The van der Waals surface area contributed by atoms with Gasteiger partial charge in [0.1, 0.15) is 5.82 Å². The molecule has 9 heteroatoms. The smallest absolute Gasteiger partial charge is 0.381 e. The molecule has 0 saturated carbocycles. The molecule has 0 bridgehead atoms. The van der Waals surface area contributed by atoms with E-state index in [-0.39, 0.29) is 17.6 Å². The van der Waals surface area contributed by atoms with Gasteiger partial charge in [-0.15, -0.1) is 0 Å². The van der Waals surface area contributed by atoms with Crippen LogP contribution >= 0.6 is 0 Å². The summed E-state index contributed by atoms with van der Waals surface area (Å²) in [4.78, 5) is 4.20. The summed E-state index contributed by atoms with van der Waals surface area (Å²) in [5, 5.41) is 3.24. The van der Waals surface area contributed by atoms with E-state index in [0.29, 0.717) is 40.3 Å². The van der Waals surface area contributed by atoms with E-state index in [1.807, 2.05) is 30.3 Å². The first-order valence-electron chi connectivity index (χ1n) is 12.2. The summed E-state index contributed by atoms with van der Waals surface area (Å²) in [6, 6.07) is 22.5. The highest BCUT2D eigenvalue weighted by atomic mass is 19.4. The molecule has 1 aromatic heterocycles. The van der Waals surface area contributed by atoms with Gasteiger partial charge in [-0.2, -0.15) is 26.3 Å². The third-order valence-electron chi connectivity index (χ3n) is 6.53. The third-order valence-corrected chi connectivity index (χ3v) is 6.53. The summed E-state index contributed by atoms with van der Waals surface area (Å²) in [6.45, 7) is -0.245. The zero-order valence-corrected chi connectivity index (χ0v) is 20.7. The molecule has 0 aliphatic heterocycles. The third kappa shape index (κ3) is 5.78. The Balaban J connectivity index is 1.58. The van der Waals surface area contributed by atoms with Crippen LogP contribution in [-0.4, -0.2) is 4.98 Å². The normalized spacial score (nSPS) is 12.1. The fraction of sp³-hybridized carbons (Fsp3) is 0.129. The van der Waals surface area contributed by atoms with Crippen molar-refractivity contribution < 1.29 is 30.7 Å². The number of benzene rings is 4. The number of nitrogens with zero attached hydrogens (tertiary/aromatic N) is 1. The summed E-state index contributed by atoms with van der Waals surface area (Å²) in [5.74, 6) is -0.994. The second kappa shape index (κ2) is 10.6. The highest BCUT2D eigenvalue weighted by Gasteiger charge is 2.34. The fourth-order valence-corrected chi connectivity index (χ4v) is 4.73. The molecule has 0 saturated heterocycles. The summed E-state index contributed by atoms with van der Waals surface area (Å²) in [6.07, 6.45) is -7.51. The van der Waals surface area contributed by atoms with Crippen LogP contribution in [0, 0.1) is 5.82 Å². The lowest BCUT2D eigenvalue weighted by Crippen LogP contribution is -2.12. The standard InChI is InChI=1S/C31H21F7N2/c32-23-13-12-21(27(16-23)31(36,37)38)17-39-24-9-4-8-20(15-24)28-22(14-19-6-2-1-3-7-19)18-40-29-25(28)10-5-11-26(29)30(33,34)35/h1-13,15-16,18,39H,14,17H2. The number of hydrogen-bond acceptors (Lipinski definition) is 2. The number of anilines is 1. The molecule has 0 aliphatic carbocycles. The lowest BCUT2D eigenvalue weighted by molar-refractivity contribution is -0.138. The molecule has 2 nitrogen and oxygen atoms in total. The van der Waals surface area contributed by atoms with E-state index in [9.17, 15) is 30.7 Å². The number of fused-ring (bicyclic) bond motifs is 1. The number of para-hydroxylation sites is 1. The van der Waals surface area contributed by atoms with Crippen LogP contribution in [0.3, 0.4) is 0 Å². The minimum Gasteiger partial charge on any atom is -0.381 e. The van der Waals surface area contributed by atoms with E-state index in [1.165, 1.54) is 12.3 Å². The molecule has 0 aliphatic rings. The lowest BCUT2D eigenvalue weighted by Gasteiger charge is -2.18. The molecule has 204 valence electrons. The summed E-state index contributed by atoms with van der Waals surface area (Å²) < 4.78 is 95.3. The van der Waals surface area contributed by atoms with Crippen molar-refractivity contribution in [3.05, 3.63) is 131 Å². The monoisotopic (exact) mass is 554 g/mol. The Bertz CT molecular complexity index is 1660. The Labute approximate surface area is 225 Å². The van der Waals surface area contributed by atoms with Crippen LogP contribution in [0.15, 0.2) is 97.2 Å². The molecule has 5 rings (SSSR count). The van der Waals surface area contributed by atoms with E-state index in [4.69, 9.17) is 0 Å². The van der Waals surface area contributed by atoms with Crippen LogP contribution in [0.25, 0.3) is 22.0 Å². The van der Waals surface area contributed by atoms with E-state index in [1.54, 1.807) is 30.3 Å². The predicted molar refractivity (Wildman–Crippen MR) is 140 cm³/mol. The van der Waals surface area contributed by atoms with Crippen LogP contribution in [0.5, 0.6) is 0 Å². The van der Waals surface area contributed by atoms with E-state index < -0.39 is 29.3 Å². The van der Waals surface area contributed by atoms with Gasteiger partial charge in [-0.25, -0.2) is 4.39 Å². The van der Waals surface area contributed by atoms with Crippen molar-refractivity contribution in [1.82, 2.24) is 4.98 Å². The Morgan fingerprint density at radius 2 is 1.40 bits per heavy atom. The Hall–Kier alpha value is -4.40. The Morgan fingerprint density at radius 1 is 0.675 bits per heavy atom. The zero-order chi connectivity index (χ0) is 28.5. The average Bonchev–Trinajstić information content (AvgIpc) is 2.91. The largest absolute Gasteiger partial charge is 0.418 e. The number of halogens is 7. The summed E-state index contributed by atoms with van der Waals surface area (Å²) in [5.41, 5.74) is 0.894. The van der Waals surface area contributed by atoms with E-state index in [2.05, 4.69) is 10.3 Å². The molecule has 0 unspecified atom stereocenters. The quantitative estimate of drug-likeness (QED) is 0.212. The predicted octanol–water partition coefficient (Wildman–Crippen LogP) is 9.28. The van der Waals surface area contributed by atoms with Crippen LogP contribution in [0.4, 0.5) is 36.4 Å². The average molecular weight is 555 g/mol. The van der Waals surface area contributed by atoms with Gasteiger partial charge in [-0.1, -0.05) is 60.7 Å². The second-order valence-corrected chi connectivity index (χ2v) is 9.25. The second-order valence-electron chi connectivity index (χ2n) is 9.25. The first-order chi connectivity index (χ1) is 19.0. The fourth-order valence-electron chi connectivity index (χ4n) is 4.73. The number of alkyl halides is 6. The van der Waals surface area contributed by atoms with Crippen molar-refractivity contribution in [3.8, 4) is 11.1 Å². The lowest BCUT2D eigenvalue weighted by atomic mass is 9.91. The molecule has 5 aromatic rings. The molecule has 0 radical (unpaired) electrons. The molecular weight excluding hydrogens is 533 g/mol. The van der Waals surface area contributed by atoms with Gasteiger partial charge in [-0.05, 0) is 64.6 Å². The van der Waals surface area contributed by atoms with Crippen molar-refractivity contribution in [2.45, 2.75) is 25.3 Å². The van der Waals surface area contributed by atoms with Gasteiger partial charge in [0.25, 0.3) is 0 Å². The van der Waals surface area contributed by atoms with Gasteiger partial charge < -0.3 is 5.32 Å². The minimum atomic E-state index is -4.74. The molecule has 4 aromatic carbocycles. The van der Waals surface area contributed by atoms with Gasteiger partial charge in [0.2, 0.25) is 0 Å². The van der Waals surface area contributed by atoms with Gasteiger partial charge in [0.05, 0.1) is 16.6 Å². The van der Waals surface area contributed by atoms with Crippen molar-refractivity contribution in [1.29, 1.82) is 0 Å². The SMILES string of the molecule is Fc1ccc(CNc2cccc(-c3c(Cc4ccccc4)cnc4c(C(F)(F)F)cccc34)c2)c(C(F)(F)F)c1. The molecule has 0 spiro atoms. The van der Waals surface area contributed by atoms with Gasteiger partial charge in [0.15, 0.2) is 0 Å². The van der Waals surface area contributed by atoms with Crippen molar-refractivity contribution in [3.63, 3.8) is 0 Å². The summed E-state index contributed by atoms with van der Waals surface area (Å²) >= 11 is 0. The van der Waals surface area contributed by atoms with E-state index in [0.717, 1.165) is 23.8 Å². The maximum Gasteiger partial charge on any atom is 0.418 e. The zero-order valence-electron chi connectivity index (χ0n) is 20.7. The van der Waals surface area contributed by atoms with Gasteiger partial charge in [0, 0.05) is 23.8 Å². The van der Waals surface area contributed by atoms with Crippen molar-refractivity contribution in [2.24, 2.45) is 0 Å². The van der Waals surface area contributed by atoms with Crippen LogP contribution in [0.2, 0.25) is 0 Å². The minimum absolute atomic E-state index is 0.145.